The predicted molar refractivity (Wildman–Crippen MR) is 238 cm³/mol. The lowest BCUT2D eigenvalue weighted by molar-refractivity contribution is 0.473. The molecule has 3 aliphatic rings. The summed E-state index contributed by atoms with van der Waals surface area (Å²) in [4.78, 5) is 0. The first kappa shape index (κ1) is 37.4. The van der Waals surface area contributed by atoms with Crippen molar-refractivity contribution in [1.82, 2.24) is 0 Å². The fourth-order valence-corrected chi connectivity index (χ4v) is 14.1. The minimum Gasteiger partial charge on any atom is -0.432 e. The molecule has 0 saturated heterocycles. The van der Waals surface area contributed by atoms with Crippen LogP contribution in [0.3, 0.4) is 0 Å². The van der Waals surface area contributed by atoms with E-state index < -0.39 is 13.0 Å². The Balaban J connectivity index is 1.33. The van der Waals surface area contributed by atoms with E-state index in [-0.39, 0.29) is 23.7 Å². The molecule has 0 fully saturated rings. The van der Waals surface area contributed by atoms with Gasteiger partial charge in [0.2, 0.25) is 0 Å². The van der Waals surface area contributed by atoms with Gasteiger partial charge in [0.15, 0.2) is 0 Å². The van der Waals surface area contributed by atoms with Crippen LogP contribution >= 0.6 is 13.0 Å². The van der Waals surface area contributed by atoms with Gasteiger partial charge in [0.25, 0.3) is 0 Å². The van der Waals surface area contributed by atoms with Gasteiger partial charge in [0.05, 0.1) is 10.6 Å². The average Bonchev–Trinajstić information content (AvgIpc) is 3.21. The summed E-state index contributed by atoms with van der Waals surface area (Å²) in [5.74, 6) is 3.55. The van der Waals surface area contributed by atoms with Gasteiger partial charge in [-0.3, -0.25) is 0 Å². The van der Waals surface area contributed by atoms with Crippen molar-refractivity contribution in [3.8, 4) is 23.0 Å². The summed E-state index contributed by atoms with van der Waals surface area (Å²) in [6, 6.07) is 47.2. The van der Waals surface area contributed by atoms with E-state index in [0.717, 1.165) is 81.5 Å². The second-order valence-electron chi connectivity index (χ2n) is 15.1. The van der Waals surface area contributed by atoms with Gasteiger partial charge in [-0.05, 0) is 120 Å². The summed E-state index contributed by atoms with van der Waals surface area (Å²) in [5, 5.41) is 1.79. The van der Waals surface area contributed by atoms with Crippen molar-refractivity contribution in [3.05, 3.63) is 178 Å². The molecule has 0 saturated carbocycles. The highest BCUT2D eigenvalue weighted by Gasteiger charge is 2.37. The molecule has 0 amide bonds. The van der Waals surface area contributed by atoms with Crippen LogP contribution in [0.2, 0.25) is 0 Å². The summed E-state index contributed by atoms with van der Waals surface area (Å²) < 4.78 is 27.9. The van der Waals surface area contributed by atoms with Gasteiger partial charge in [-0.2, -0.15) is 0 Å². The van der Waals surface area contributed by atoms with Crippen LogP contribution in [0.5, 0.6) is 23.0 Å². The molecule has 0 atom stereocenters. The molecule has 284 valence electrons. The maximum absolute atomic E-state index is 6.97. The molecular weight excluding hydrogens is 767 g/mol. The molecule has 0 aromatic heterocycles. The molecule has 2 aliphatic heterocycles. The maximum Gasteiger partial charge on any atom is 0.319 e. The van der Waals surface area contributed by atoms with Crippen molar-refractivity contribution in [2.75, 3.05) is 0 Å². The molecule has 8 heteroatoms. The van der Waals surface area contributed by atoms with Crippen molar-refractivity contribution >= 4 is 47.2 Å². The first-order valence-corrected chi connectivity index (χ1v) is 25.2. The Morgan fingerprint density at radius 1 is 0.375 bits per heavy atom. The smallest absolute Gasteiger partial charge is 0.319 e. The lowest BCUT2D eigenvalue weighted by atomic mass is 9.78. The second kappa shape index (κ2) is 15.0. The van der Waals surface area contributed by atoms with E-state index in [1.54, 1.807) is 0 Å². The second-order valence-corrected chi connectivity index (χ2v) is 21.7. The Labute approximate surface area is 341 Å². The van der Waals surface area contributed by atoms with Gasteiger partial charge in [0.1, 0.15) is 23.0 Å². The zero-order chi connectivity index (χ0) is 38.6. The SMILES string of the molecule is CCC1c2ccc3c(c2)C(CC)c2cc(ccc2OP(=S)(c2ccccc2)O3)C(CC)c2ccc3c(c2)C(CC)c2cc1ccc2OP(=S)(c1ccccc1)O3. The largest absolute Gasteiger partial charge is 0.432 e. The van der Waals surface area contributed by atoms with Crippen LogP contribution < -0.4 is 28.7 Å². The molecule has 56 heavy (non-hydrogen) atoms. The van der Waals surface area contributed by atoms with Crippen LogP contribution in [-0.2, 0) is 23.6 Å². The van der Waals surface area contributed by atoms with Crippen LogP contribution in [0, 0.1) is 0 Å². The topological polar surface area (TPSA) is 36.9 Å². The van der Waals surface area contributed by atoms with E-state index >= 15 is 0 Å². The van der Waals surface area contributed by atoms with E-state index in [0.29, 0.717) is 0 Å². The lowest BCUT2D eigenvalue weighted by Crippen LogP contribution is -2.20. The zero-order valence-corrected chi connectivity index (χ0v) is 35.6. The number of hydrogen-bond acceptors (Lipinski definition) is 6. The first-order chi connectivity index (χ1) is 27.3. The summed E-state index contributed by atoms with van der Waals surface area (Å²) in [7, 11) is 0. The summed E-state index contributed by atoms with van der Waals surface area (Å²) >= 11 is 12.9. The van der Waals surface area contributed by atoms with Crippen LogP contribution in [-0.4, -0.2) is 0 Å². The Morgan fingerprint density at radius 2 is 0.643 bits per heavy atom. The van der Waals surface area contributed by atoms with Crippen LogP contribution in [0.1, 0.15) is 122 Å². The Hall–Kier alpha value is -4.18. The third-order valence-corrected chi connectivity index (χ3v) is 17.7. The fourth-order valence-electron chi connectivity index (χ4n) is 9.09. The number of hydrogen-bond donors (Lipinski definition) is 0. The van der Waals surface area contributed by atoms with E-state index in [1.165, 1.54) is 22.3 Å². The van der Waals surface area contributed by atoms with Gasteiger partial charge >= 0.3 is 13.0 Å². The molecule has 1 aliphatic carbocycles. The molecule has 6 aromatic rings. The van der Waals surface area contributed by atoms with E-state index in [2.05, 4.69) is 100 Å². The first-order valence-electron chi connectivity index (χ1n) is 19.9. The van der Waals surface area contributed by atoms with Crippen LogP contribution in [0.25, 0.3) is 0 Å². The normalized spacial score (nSPS) is 24.5. The third kappa shape index (κ3) is 6.44. The lowest BCUT2D eigenvalue weighted by Gasteiger charge is -2.34. The molecule has 9 rings (SSSR count). The van der Waals surface area contributed by atoms with Crippen molar-refractivity contribution in [1.29, 1.82) is 0 Å². The molecule has 6 aromatic carbocycles. The van der Waals surface area contributed by atoms with E-state index in [9.17, 15) is 0 Å². The standard InChI is InChI=1S/C48H46O4P2S2/c1-5-37-31-19-23-45-41(27-31)39(7-3)43-29-33(21-25-47(43)51-53(55,49-45)35-15-11-9-12-16-35)38(6-2)34-22-26-48-44(30-34)40(8-4)42-28-32(37)20-24-46(42)50-54(56,52-48)36-17-13-10-14-18-36/h9-30,37-40H,5-8H2,1-4H3. The number of benzene rings is 6. The highest BCUT2D eigenvalue weighted by molar-refractivity contribution is 8.14. The Bertz CT molecular complexity index is 2240. The van der Waals surface area contributed by atoms with Crippen molar-refractivity contribution < 1.29 is 18.1 Å². The summed E-state index contributed by atoms with van der Waals surface area (Å²) in [6.07, 6.45) is 3.59. The number of fused-ring (bicyclic) bond motifs is 4. The van der Waals surface area contributed by atoms with Crippen molar-refractivity contribution in [2.45, 2.75) is 77.0 Å². The summed E-state index contributed by atoms with van der Waals surface area (Å²) in [6.45, 7) is 3.08. The van der Waals surface area contributed by atoms with E-state index in [1.807, 2.05) is 60.7 Å². The van der Waals surface area contributed by atoms with Gasteiger partial charge in [-0.1, -0.05) is 113 Å². The maximum atomic E-state index is 6.97. The molecule has 8 bridgehead atoms. The average molecular weight is 813 g/mol. The van der Waals surface area contributed by atoms with Gasteiger partial charge in [-0.15, -0.1) is 0 Å². The molecule has 0 N–H and O–H groups in total. The van der Waals surface area contributed by atoms with Gasteiger partial charge in [0, 0.05) is 45.9 Å². The molecule has 0 spiro atoms. The quantitative estimate of drug-likeness (QED) is 0.156. The van der Waals surface area contributed by atoms with Gasteiger partial charge in [-0.25, -0.2) is 0 Å². The predicted octanol–water partition coefficient (Wildman–Crippen LogP) is 13.0. The summed E-state index contributed by atoms with van der Waals surface area (Å²) in [5.41, 5.74) is 9.62. The Morgan fingerprint density at radius 3 is 0.893 bits per heavy atom. The van der Waals surface area contributed by atoms with Gasteiger partial charge < -0.3 is 18.1 Å². The zero-order valence-electron chi connectivity index (χ0n) is 32.2. The minimum absolute atomic E-state index is 0.0391. The fraction of sp³-hybridized carbons (Fsp3) is 0.250. The number of rotatable bonds is 6. The third-order valence-electron chi connectivity index (χ3n) is 11.9. The van der Waals surface area contributed by atoms with Crippen LogP contribution in [0.15, 0.2) is 133 Å². The molecule has 0 radical (unpaired) electrons. The Kier molecular flexibility index (Phi) is 9.99. The molecule has 4 nitrogen and oxygen atoms in total. The van der Waals surface area contributed by atoms with Crippen molar-refractivity contribution in [2.24, 2.45) is 0 Å². The monoisotopic (exact) mass is 812 g/mol. The molecule has 0 unspecified atom stereocenters. The van der Waals surface area contributed by atoms with E-state index in [4.69, 9.17) is 41.7 Å². The minimum atomic E-state index is -3.00. The molecular formula is C48H46O4P2S2. The highest BCUT2D eigenvalue weighted by atomic mass is 32.5. The van der Waals surface area contributed by atoms with Crippen LogP contribution in [0.4, 0.5) is 0 Å². The molecule has 2 heterocycles. The highest BCUT2D eigenvalue weighted by Crippen LogP contribution is 2.58. The van der Waals surface area contributed by atoms with Crippen molar-refractivity contribution in [3.63, 3.8) is 0 Å².